The van der Waals surface area contributed by atoms with E-state index in [1.807, 2.05) is 0 Å². The van der Waals surface area contributed by atoms with Gasteiger partial charge in [-0.3, -0.25) is 4.79 Å². The molecule has 1 aliphatic heterocycles. The molecule has 2 heterocycles. The zero-order chi connectivity index (χ0) is 20.8. The van der Waals surface area contributed by atoms with Crippen molar-refractivity contribution in [3.63, 3.8) is 0 Å². The Morgan fingerprint density at radius 2 is 2.03 bits per heavy atom. The second-order valence-corrected chi connectivity index (χ2v) is 6.99. The lowest BCUT2D eigenvalue weighted by Crippen LogP contribution is -2.33. The van der Waals surface area contributed by atoms with Crippen LogP contribution in [0.4, 0.5) is 5.69 Å². The van der Waals surface area contributed by atoms with Gasteiger partial charge < -0.3 is 20.2 Å². The van der Waals surface area contributed by atoms with Crippen LogP contribution in [0.3, 0.4) is 0 Å². The molecular weight excluding hydrogens is 443 g/mol. The molecule has 1 radical (unpaired) electrons. The Morgan fingerprint density at radius 1 is 1.28 bits per heavy atom. The normalized spacial score (nSPS) is 17.2. The molecule has 0 saturated carbocycles. The van der Waals surface area contributed by atoms with Crippen molar-refractivity contribution in [1.82, 2.24) is 20.9 Å². The van der Waals surface area contributed by atoms with Crippen LogP contribution in [-0.4, -0.2) is 42.2 Å². The number of benzene rings is 1. The first-order valence-corrected chi connectivity index (χ1v) is 9.46. The van der Waals surface area contributed by atoms with Gasteiger partial charge in [0.05, 0.1) is 34.5 Å². The fourth-order valence-corrected chi connectivity index (χ4v) is 3.27. The lowest BCUT2D eigenvalue weighted by Gasteiger charge is -2.24. The molecule has 3 N–H and O–H groups in total. The molecule has 2 unspecified atom stereocenters. The SMILES string of the molecule is N#CC([C]=O)NNc1cc(Cl)c(Oc2cc(C3CNCCO3)c(Cl)nn2)c(Cl)c1. The van der Waals surface area contributed by atoms with Crippen LogP contribution in [-0.2, 0) is 9.53 Å². The quantitative estimate of drug-likeness (QED) is 0.540. The topological polar surface area (TPSA) is 121 Å². The molecule has 0 bridgehead atoms. The maximum atomic E-state index is 10.6. The summed E-state index contributed by atoms with van der Waals surface area (Å²) in [6.45, 7) is 1.90. The molecule has 9 nitrogen and oxygen atoms in total. The van der Waals surface area contributed by atoms with Crippen LogP contribution >= 0.6 is 34.8 Å². The molecule has 12 heteroatoms. The summed E-state index contributed by atoms with van der Waals surface area (Å²) in [5.74, 6) is 0.296. The zero-order valence-electron chi connectivity index (χ0n) is 14.7. The Kier molecular flexibility index (Phi) is 7.44. The van der Waals surface area contributed by atoms with E-state index in [1.54, 1.807) is 12.1 Å². The van der Waals surface area contributed by atoms with Crippen LogP contribution < -0.4 is 20.9 Å². The monoisotopic (exact) mass is 455 g/mol. The van der Waals surface area contributed by atoms with Gasteiger partial charge in [-0.1, -0.05) is 34.8 Å². The molecule has 2 aromatic rings. The molecule has 2 atom stereocenters. The standard InChI is InChI=1S/C17H14Cl3N6O3/c18-12-3-9(23-24-10(6-21)8-27)4-13(19)16(12)29-15-5-11(17(20)26-25-15)14-7-22-1-2-28-14/h3-5,10,14,22-24H,1-2,7H2. The minimum atomic E-state index is -1.15. The van der Waals surface area contributed by atoms with Crippen molar-refractivity contribution in [3.8, 4) is 17.7 Å². The molecule has 0 spiro atoms. The molecule has 0 aliphatic carbocycles. The number of hydrazine groups is 1. The first-order valence-electron chi connectivity index (χ1n) is 8.33. The van der Waals surface area contributed by atoms with Gasteiger partial charge in [0, 0.05) is 24.7 Å². The highest BCUT2D eigenvalue weighted by Gasteiger charge is 2.21. The molecule has 1 aromatic heterocycles. The van der Waals surface area contributed by atoms with E-state index < -0.39 is 6.04 Å². The van der Waals surface area contributed by atoms with Gasteiger partial charge in [0.15, 0.2) is 16.9 Å². The number of nitriles is 1. The number of nitrogens with one attached hydrogen (secondary N) is 3. The summed E-state index contributed by atoms with van der Waals surface area (Å²) < 4.78 is 11.4. The van der Waals surface area contributed by atoms with Crippen LogP contribution in [0.5, 0.6) is 11.6 Å². The van der Waals surface area contributed by atoms with E-state index in [4.69, 9.17) is 49.5 Å². The molecule has 1 fully saturated rings. The third-order valence-electron chi connectivity index (χ3n) is 3.84. The third-order valence-corrected chi connectivity index (χ3v) is 4.70. The van der Waals surface area contributed by atoms with E-state index in [1.165, 1.54) is 18.4 Å². The maximum absolute atomic E-state index is 10.6. The molecular formula is C17H14Cl3N6O3. The Balaban J connectivity index is 1.78. The van der Waals surface area contributed by atoms with E-state index in [0.717, 1.165) is 6.54 Å². The van der Waals surface area contributed by atoms with Gasteiger partial charge in [-0.2, -0.15) is 5.26 Å². The van der Waals surface area contributed by atoms with E-state index in [0.29, 0.717) is 24.4 Å². The van der Waals surface area contributed by atoms with Crippen molar-refractivity contribution in [2.75, 3.05) is 25.1 Å². The average molecular weight is 457 g/mol. The fraction of sp³-hybridized carbons (Fsp3) is 0.294. The van der Waals surface area contributed by atoms with Gasteiger partial charge in [0.25, 0.3) is 0 Å². The number of aromatic nitrogens is 2. The van der Waals surface area contributed by atoms with Gasteiger partial charge in [-0.25, -0.2) is 5.43 Å². The van der Waals surface area contributed by atoms with Crippen molar-refractivity contribution < 1.29 is 14.3 Å². The van der Waals surface area contributed by atoms with E-state index in [2.05, 4.69) is 26.4 Å². The first-order chi connectivity index (χ1) is 14.0. The number of ether oxygens (including phenoxy) is 2. The highest BCUT2D eigenvalue weighted by molar-refractivity contribution is 6.37. The fourth-order valence-electron chi connectivity index (χ4n) is 2.49. The molecule has 1 aromatic carbocycles. The number of halogens is 3. The molecule has 1 saturated heterocycles. The van der Waals surface area contributed by atoms with Crippen LogP contribution in [0.15, 0.2) is 18.2 Å². The molecule has 1 aliphatic rings. The number of morpholine rings is 1. The zero-order valence-corrected chi connectivity index (χ0v) is 17.0. The van der Waals surface area contributed by atoms with Crippen molar-refractivity contribution >= 4 is 46.8 Å². The minimum Gasteiger partial charge on any atom is -0.434 e. The predicted octanol–water partition coefficient (Wildman–Crippen LogP) is 2.81. The summed E-state index contributed by atoms with van der Waals surface area (Å²) in [6, 6.07) is 5.16. The van der Waals surface area contributed by atoms with Crippen molar-refractivity contribution in [2.24, 2.45) is 0 Å². The number of rotatable bonds is 7. The van der Waals surface area contributed by atoms with E-state index in [9.17, 15) is 4.79 Å². The van der Waals surface area contributed by atoms with Crippen LogP contribution in [0.2, 0.25) is 15.2 Å². The highest BCUT2D eigenvalue weighted by Crippen LogP contribution is 2.39. The highest BCUT2D eigenvalue weighted by atomic mass is 35.5. The first kappa shape index (κ1) is 21.5. The minimum absolute atomic E-state index is 0.140. The third kappa shape index (κ3) is 5.45. The summed E-state index contributed by atoms with van der Waals surface area (Å²) in [5.41, 5.74) is 6.15. The summed E-state index contributed by atoms with van der Waals surface area (Å²) >= 11 is 18.7. The number of nitrogens with zero attached hydrogens (tertiary/aromatic N) is 3. The van der Waals surface area contributed by atoms with Crippen molar-refractivity contribution in [2.45, 2.75) is 12.1 Å². The lowest BCUT2D eigenvalue weighted by molar-refractivity contribution is 0.0273. The van der Waals surface area contributed by atoms with E-state index >= 15 is 0 Å². The largest absolute Gasteiger partial charge is 0.434 e. The van der Waals surface area contributed by atoms with Gasteiger partial charge in [0.1, 0.15) is 0 Å². The summed E-state index contributed by atoms with van der Waals surface area (Å²) in [4.78, 5) is 10.6. The molecule has 0 amide bonds. The smallest absolute Gasteiger partial charge is 0.239 e. The Bertz CT molecular complexity index is 910. The Hall–Kier alpha value is -2.19. The summed E-state index contributed by atoms with van der Waals surface area (Å²) in [6.07, 6.45) is 1.24. The van der Waals surface area contributed by atoms with Gasteiger partial charge in [-0.15, -0.1) is 10.2 Å². The molecule has 151 valence electrons. The second kappa shape index (κ2) is 10.0. The number of anilines is 1. The van der Waals surface area contributed by atoms with Crippen molar-refractivity contribution in [3.05, 3.63) is 39.0 Å². The summed E-state index contributed by atoms with van der Waals surface area (Å²) in [5, 5.41) is 20.3. The number of carbonyl (C=O) groups excluding carboxylic acids is 1. The van der Waals surface area contributed by atoms with Gasteiger partial charge >= 0.3 is 0 Å². The molecule has 3 rings (SSSR count). The Labute approximate surface area is 181 Å². The lowest BCUT2D eigenvalue weighted by atomic mass is 10.1. The van der Waals surface area contributed by atoms with Gasteiger partial charge in [-0.05, 0) is 12.1 Å². The van der Waals surface area contributed by atoms with Gasteiger partial charge in [0.2, 0.25) is 12.2 Å². The Morgan fingerprint density at radius 3 is 2.66 bits per heavy atom. The van der Waals surface area contributed by atoms with Crippen LogP contribution in [0.1, 0.15) is 11.7 Å². The average Bonchev–Trinajstić information content (AvgIpc) is 2.73. The van der Waals surface area contributed by atoms with Crippen molar-refractivity contribution in [1.29, 1.82) is 5.26 Å². The maximum Gasteiger partial charge on any atom is 0.239 e. The number of hydrogen-bond donors (Lipinski definition) is 3. The second-order valence-electron chi connectivity index (χ2n) is 5.81. The summed E-state index contributed by atoms with van der Waals surface area (Å²) in [7, 11) is 0. The number of hydrogen-bond acceptors (Lipinski definition) is 9. The van der Waals surface area contributed by atoms with E-state index in [-0.39, 0.29) is 32.9 Å². The predicted molar refractivity (Wildman–Crippen MR) is 107 cm³/mol. The van der Waals surface area contributed by atoms with Crippen LogP contribution in [0, 0.1) is 11.3 Å². The van der Waals surface area contributed by atoms with Crippen LogP contribution in [0.25, 0.3) is 0 Å². The molecule has 29 heavy (non-hydrogen) atoms.